The number of hydrogen-bond acceptors (Lipinski definition) is 4. The van der Waals surface area contributed by atoms with Crippen LogP contribution in [0.3, 0.4) is 0 Å². The second-order valence-corrected chi connectivity index (χ2v) is 21.4. The van der Waals surface area contributed by atoms with Gasteiger partial charge in [-0.15, -0.1) is 0 Å². The summed E-state index contributed by atoms with van der Waals surface area (Å²) in [7, 11) is -4.41. The van der Waals surface area contributed by atoms with E-state index in [9.17, 15) is 105 Å². The van der Waals surface area contributed by atoms with E-state index in [1.807, 2.05) is 0 Å². The Bertz CT molecular complexity index is 2760. The van der Waals surface area contributed by atoms with E-state index in [1.165, 1.54) is 0 Å². The highest BCUT2D eigenvalue weighted by atomic mass is 31.1. The Morgan fingerprint density at radius 3 is 0.885 bits per heavy atom. The molecule has 0 bridgehead atoms. The number of hydrogen-bond donors (Lipinski definition) is 0. The predicted octanol–water partition coefficient (Wildman–Crippen LogP) is 15.8. The molecule has 4 aromatic rings. The molecular formula is C48H32F24O4P2. The van der Waals surface area contributed by atoms with Crippen molar-refractivity contribution in [2.75, 3.05) is 28.4 Å². The van der Waals surface area contributed by atoms with Crippen LogP contribution < -0.4 is 21.2 Å². The smallest absolute Gasteiger partial charge is 0.416 e. The topological polar surface area (TPSA) is 36.9 Å². The molecule has 0 N–H and O–H groups in total. The summed E-state index contributed by atoms with van der Waals surface area (Å²) in [5.74, 6) is -1.72. The van der Waals surface area contributed by atoms with Gasteiger partial charge in [0.15, 0.2) is 0 Å². The molecule has 0 aromatic heterocycles. The average Bonchev–Trinajstić information content (AvgIpc) is 3.31. The van der Waals surface area contributed by atoms with E-state index in [0.717, 1.165) is 34.5 Å². The maximum absolute atomic E-state index is 14.7. The van der Waals surface area contributed by atoms with Crippen molar-refractivity contribution >= 4 is 37.1 Å². The molecule has 6 rings (SSSR count). The number of allylic oxidation sites excluding steroid dienone is 4. The Kier molecular flexibility index (Phi) is 16.9. The zero-order valence-electron chi connectivity index (χ0n) is 39.3. The van der Waals surface area contributed by atoms with Crippen LogP contribution in [0, 0.1) is 0 Å². The van der Waals surface area contributed by atoms with Gasteiger partial charge in [0.25, 0.3) is 0 Å². The minimum absolute atomic E-state index is 0.0499. The fourth-order valence-electron chi connectivity index (χ4n) is 8.39. The lowest BCUT2D eigenvalue weighted by atomic mass is 9.87. The van der Waals surface area contributed by atoms with Gasteiger partial charge in [0, 0.05) is 37.3 Å². The first-order valence-corrected chi connectivity index (χ1v) is 24.1. The number of benzene rings is 4. The quantitative estimate of drug-likeness (QED) is 0.111. The van der Waals surface area contributed by atoms with Crippen LogP contribution in [0.5, 0.6) is 0 Å². The van der Waals surface area contributed by atoms with Crippen LogP contribution in [0.15, 0.2) is 119 Å². The number of ether oxygens (including phenoxy) is 4. The van der Waals surface area contributed by atoms with Gasteiger partial charge >= 0.3 is 49.4 Å². The summed E-state index contributed by atoms with van der Waals surface area (Å²) in [6.45, 7) is 0. The molecular weight excluding hydrogens is 1160 g/mol. The van der Waals surface area contributed by atoms with E-state index < -0.39 is 214 Å². The van der Waals surface area contributed by atoms with E-state index in [4.69, 9.17) is 18.9 Å². The lowest BCUT2D eigenvalue weighted by molar-refractivity contribution is -0.144. The zero-order valence-corrected chi connectivity index (χ0v) is 41.0. The number of methoxy groups -OCH3 is 4. The van der Waals surface area contributed by atoms with Crippen LogP contribution in [-0.4, -0.2) is 40.2 Å². The molecule has 0 heterocycles. The van der Waals surface area contributed by atoms with Crippen LogP contribution >= 0.6 is 15.8 Å². The first-order valence-electron chi connectivity index (χ1n) is 21.3. The second kappa shape index (κ2) is 21.5. The molecule has 4 aromatic carbocycles. The van der Waals surface area contributed by atoms with Crippen LogP contribution in [0.4, 0.5) is 105 Å². The van der Waals surface area contributed by atoms with E-state index in [1.54, 1.807) is 0 Å². The van der Waals surface area contributed by atoms with Gasteiger partial charge in [0.2, 0.25) is 0 Å². The molecule has 78 heavy (non-hydrogen) atoms. The summed E-state index contributed by atoms with van der Waals surface area (Å²) in [5, 5.41) is -6.26. The molecule has 0 saturated carbocycles. The highest BCUT2D eigenvalue weighted by Gasteiger charge is 2.48. The number of alkyl halides is 24. The zero-order chi connectivity index (χ0) is 58.8. The molecule has 0 radical (unpaired) electrons. The van der Waals surface area contributed by atoms with Gasteiger partial charge in [0.1, 0.15) is 11.5 Å². The highest BCUT2D eigenvalue weighted by molar-refractivity contribution is 7.77. The minimum Gasteiger partial charge on any atom is -0.501 e. The molecule has 0 spiro atoms. The number of rotatable bonds is 11. The van der Waals surface area contributed by atoms with Gasteiger partial charge < -0.3 is 18.9 Å². The lowest BCUT2D eigenvalue weighted by Gasteiger charge is -2.40. The predicted molar refractivity (Wildman–Crippen MR) is 233 cm³/mol. The third kappa shape index (κ3) is 13.5. The molecule has 426 valence electrons. The van der Waals surface area contributed by atoms with Crippen molar-refractivity contribution in [2.45, 2.75) is 74.0 Å². The Hall–Kier alpha value is -5.62. The molecule has 2 unspecified atom stereocenters. The minimum atomic E-state index is -5.79. The SMILES string of the molecule is COC1=CC(P(c2cc(C(F)(F)F)cc(C(F)(F)F)c2)c2cc(C(F)(F)F)cc(C(F)(F)F)c2)=C(C2=C(OC)C=C(OC)CC2P(c2cc(C(F)(F)F)cc(C(F)(F)F)c2)c2cc(C(F)(F)F)cc(C(F)(F)F)c2)C(OC)C1. The maximum atomic E-state index is 14.7. The van der Waals surface area contributed by atoms with Gasteiger partial charge in [-0.1, -0.05) is 0 Å². The van der Waals surface area contributed by atoms with Crippen LogP contribution in [0.2, 0.25) is 0 Å². The summed E-state index contributed by atoms with van der Waals surface area (Å²) >= 11 is 0. The van der Waals surface area contributed by atoms with Crippen molar-refractivity contribution in [3.05, 3.63) is 163 Å². The monoisotopic (exact) mass is 1190 g/mol. The Labute approximate surface area is 426 Å². The van der Waals surface area contributed by atoms with Crippen molar-refractivity contribution in [3.63, 3.8) is 0 Å². The third-order valence-corrected chi connectivity index (χ3v) is 16.9. The fourth-order valence-corrected chi connectivity index (χ4v) is 14.1. The normalized spacial score (nSPS) is 17.7. The van der Waals surface area contributed by atoms with Crippen molar-refractivity contribution in [1.82, 2.24) is 0 Å². The summed E-state index contributed by atoms with van der Waals surface area (Å²) in [4.78, 5) is 0. The van der Waals surface area contributed by atoms with E-state index in [-0.39, 0.29) is 48.5 Å². The first kappa shape index (κ1) is 61.6. The van der Waals surface area contributed by atoms with Crippen LogP contribution in [0.1, 0.15) is 57.3 Å². The molecule has 4 nitrogen and oxygen atoms in total. The fraction of sp³-hybridized carbons (Fsp3) is 0.333. The molecule has 0 aliphatic heterocycles. The van der Waals surface area contributed by atoms with Crippen molar-refractivity contribution in [2.24, 2.45) is 0 Å². The number of halogens is 24. The second-order valence-electron chi connectivity index (χ2n) is 16.8. The van der Waals surface area contributed by atoms with Gasteiger partial charge in [-0.3, -0.25) is 0 Å². The molecule has 2 aliphatic carbocycles. The van der Waals surface area contributed by atoms with Crippen LogP contribution in [-0.2, 0) is 68.4 Å². The van der Waals surface area contributed by atoms with E-state index in [2.05, 4.69) is 0 Å². The van der Waals surface area contributed by atoms with E-state index >= 15 is 0 Å². The van der Waals surface area contributed by atoms with Gasteiger partial charge in [-0.2, -0.15) is 105 Å². The lowest BCUT2D eigenvalue weighted by Crippen LogP contribution is -2.34. The summed E-state index contributed by atoms with van der Waals surface area (Å²) in [6, 6.07) is -2.32. The maximum Gasteiger partial charge on any atom is 0.416 e. The Morgan fingerprint density at radius 2 is 0.628 bits per heavy atom. The van der Waals surface area contributed by atoms with Gasteiger partial charge in [-0.05, 0) is 127 Å². The highest BCUT2D eigenvalue weighted by Crippen LogP contribution is 2.59. The largest absolute Gasteiger partial charge is 0.501 e. The summed E-state index contributed by atoms with van der Waals surface area (Å²) in [6.07, 6.45) is -48.4. The molecule has 2 aliphatic rings. The van der Waals surface area contributed by atoms with Crippen LogP contribution in [0.25, 0.3) is 0 Å². The van der Waals surface area contributed by atoms with Crippen molar-refractivity contribution < 1.29 is 124 Å². The summed E-state index contributed by atoms with van der Waals surface area (Å²) < 4.78 is 374. The first-order chi connectivity index (χ1) is 35.5. The van der Waals surface area contributed by atoms with Gasteiger partial charge in [0.05, 0.1) is 77.7 Å². The molecule has 0 amide bonds. The molecule has 2 atom stereocenters. The van der Waals surface area contributed by atoms with Crippen molar-refractivity contribution in [3.8, 4) is 0 Å². The third-order valence-electron chi connectivity index (χ3n) is 11.8. The average molecular weight is 1190 g/mol. The Balaban J connectivity index is 1.95. The molecule has 0 saturated heterocycles. The van der Waals surface area contributed by atoms with E-state index in [0.29, 0.717) is 6.08 Å². The standard InChI is InChI=1S/C48H32F24O4P2/c1-73-29-17-35(75-3)39(37(19-29)77(31-9-21(41(49,50)51)5-22(10-31)42(52,53)54)32-11-23(43(55,56)57)6-24(12-32)44(58,59)60)40-36(76-4)18-30(74-2)20-38(40)78(33-13-25(45(61,62)63)7-26(14-33)46(64,65)66)34-15-27(47(67,68)69)8-28(16-34)48(70,71)72/h5-17,20,36-37H,18-19H2,1-4H3. The molecule has 0 fully saturated rings. The molecule has 30 heteroatoms. The summed E-state index contributed by atoms with van der Waals surface area (Å²) in [5.41, 5.74) is -21.4. The Morgan fingerprint density at radius 1 is 0.346 bits per heavy atom. The van der Waals surface area contributed by atoms with Crippen molar-refractivity contribution in [1.29, 1.82) is 0 Å². The van der Waals surface area contributed by atoms with Gasteiger partial charge in [-0.25, -0.2) is 0 Å².